The highest BCUT2D eigenvalue weighted by Gasteiger charge is 2.14. The van der Waals surface area contributed by atoms with Gasteiger partial charge in [0.05, 0.1) is 17.6 Å². The van der Waals surface area contributed by atoms with Crippen LogP contribution in [0.2, 0.25) is 0 Å². The lowest BCUT2D eigenvalue weighted by Crippen LogP contribution is -2.34. The van der Waals surface area contributed by atoms with E-state index < -0.39 is 12.0 Å². The molecule has 7 heteroatoms. The fourth-order valence-electron chi connectivity index (χ4n) is 1.74. The molecule has 1 heterocycles. The van der Waals surface area contributed by atoms with E-state index in [1.165, 1.54) is 5.12 Å². The van der Waals surface area contributed by atoms with Crippen LogP contribution >= 0.6 is 0 Å². The zero-order valence-electron chi connectivity index (χ0n) is 11.2. The molecule has 0 amide bonds. The van der Waals surface area contributed by atoms with Gasteiger partial charge < -0.3 is 10.8 Å². The second-order valence-electron chi connectivity index (χ2n) is 4.43. The second kappa shape index (κ2) is 6.16. The predicted octanol–water partition coefficient (Wildman–Crippen LogP) is 0.717. The zero-order chi connectivity index (χ0) is 14.5. The molecular weight excluding hydrogens is 258 g/mol. The summed E-state index contributed by atoms with van der Waals surface area (Å²) in [7, 11) is 0. The number of carboxylic acid groups (broad SMARTS) is 1. The number of rotatable bonds is 5. The molecule has 1 unspecified atom stereocenters. The maximum atomic E-state index is 10.8. The molecule has 106 valence electrons. The van der Waals surface area contributed by atoms with Crippen LogP contribution in [0, 0.1) is 0 Å². The van der Waals surface area contributed by atoms with Gasteiger partial charge in [-0.15, -0.1) is 0 Å². The number of aliphatic carboxylic acids is 1. The molecule has 0 saturated carbocycles. The summed E-state index contributed by atoms with van der Waals surface area (Å²) < 4.78 is 0. The quantitative estimate of drug-likeness (QED) is 0.734. The van der Waals surface area contributed by atoms with Gasteiger partial charge in [0.25, 0.3) is 0 Å². The summed E-state index contributed by atoms with van der Waals surface area (Å²) >= 11 is 0. The van der Waals surface area contributed by atoms with Gasteiger partial charge in [0.15, 0.2) is 0 Å². The molecule has 0 fully saturated rings. The number of hydrazine groups is 1. The molecular formula is C13H17N5O2. The third-order valence-corrected chi connectivity index (χ3v) is 2.90. The Labute approximate surface area is 116 Å². The van der Waals surface area contributed by atoms with Crippen LogP contribution in [-0.2, 0) is 11.2 Å². The Hall–Kier alpha value is -2.41. The average molecular weight is 275 g/mol. The number of hydrazone groups is 2. The first-order valence-corrected chi connectivity index (χ1v) is 6.33. The van der Waals surface area contributed by atoms with Gasteiger partial charge in [0, 0.05) is 0 Å². The minimum absolute atomic E-state index is 0.268. The minimum atomic E-state index is -1.01. The van der Waals surface area contributed by atoms with E-state index >= 15 is 0 Å². The third-order valence-electron chi connectivity index (χ3n) is 2.90. The Morgan fingerprint density at radius 2 is 2.35 bits per heavy atom. The first-order valence-electron chi connectivity index (χ1n) is 6.33. The maximum Gasteiger partial charge on any atom is 0.320 e. The summed E-state index contributed by atoms with van der Waals surface area (Å²) in [5.41, 5.74) is 10.8. The molecule has 4 N–H and O–H groups in total. The van der Waals surface area contributed by atoms with Crippen molar-refractivity contribution in [1.82, 2.24) is 5.53 Å². The lowest BCUT2D eigenvalue weighted by molar-refractivity contribution is -0.138. The summed E-state index contributed by atoms with van der Waals surface area (Å²) in [6.07, 6.45) is 2.76. The van der Waals surface area contributed by atoms with Gasteiger partial charge in [-0.05, 0) is 30.5 Å². The van der Waals surface area contributed by atoms with Crippen LogP contribution in [0.4, 0.5) is 5.69 Å². The highest BCUT2D eigenvalue weighted by Crippen LogP contribution is 2.17. The predicted molar refractivity (Wildman–Crippen MR) is 77.6 cm³/mol. The molecule has 1 aromatic carbocycles. The topological polar surface area (TPSA) is 103 Å². The molecule has 2 rings (SSSR count). The van der Waals surface area contributed by atoms with E-state index in [9.17, 15) is 4.79 Å². The Morgan fingerprint density at radius 1 is 1.55 bits per heavy atom. The van der Waals surface area contributed by atoms with Gasteiger partial charge in [-0.1, -0.05) is 19.1 Å². The van der Waals surface area contributed by atoms with Crippen LogP contribution in [0.5, 0.6) is 0 Å². The molecule has 1 aliphatic heterocycles. The van der Waals surface area contributed by atoms with Crippen molar-refractivity contribution >= 4 is 23.6 Å². The number of anilines is 1. The number of benzene rings is 1. The number of nitrogens with two attached hydrogens (primary N) is 1. The number of nitrogens with zero attached hydrogens (tertiary/aromatic N) is 3. The zero-order valence-corrected chi connectivity index (χ0v) is 11.2. The van der Waals surface area contributed by atoms with E-state index in [-0.39, 0.29) is 6.42 Å². The van der Waals surface area contributed by atoms with E-state index in [1.54, 1.807) is 6.21 Å². The summed E-state index contributed by atoms with van der Waals surface area (Å²) in [5.74, 6) is -1.01. The van der Waals surface area contributed by atoms with Crippen LogP contribution in [0.3, 0.4) is 0 Å². The summed E-state index contributed by atoms with van der Waals surface area (Å²) in [6.45, 7) is 2.00. The average Bonchev–Trinajstić information content (AvgIpc) is 2.47. The van der Waals surface area contributed by atoms with Gasteiger partial charge in [-0.25, -0.2) is 0 Å². The van der Waals surface area contributed by atoms with Crippen molar-refractivity contribution in [2.75, 3.05) is 5.12 Å². The van der Waals surface area contributed by atoms with E-state index in [1.807, 2.05) is 31.2 Å². The van der Waals surface area contributed by atoms with Crippen molar-refractivity contribution in [2.45, 2.75) is 25.8 Å². The van der Waals surface area contributed by atoms with Crippen molar-refractivity contribution in [3.63, 3.8) is 0 Å². The lowest BCUT2D eigenvalue weighted by Gasteiger charge is -2.21. The SMILES string of the molecule is CCC1=NNN(c2cccc(CC(N)C(=O)O)c2)N=C1. The van der Waals surface area contributed by atoms with Crippen LogP contribution in [0.1, 0.15) is 18.9 Å². The van der Waals surface area contributed by atoms with Gasteiger partial charge in [0.2, 0.25) is 0 Å². The third kappa shape index (κ3) is 3.33. The molecule has 0 aromatic heterocycles. The Kier molecular flexibility index (Phi) is 4.31. The number of nitrogens with one attached hydrogen (secondary N) is 1. The number of carbonyl (C=O) groups is 1. The van der Waals surface area contributed by atoms with Crippen molar-refractivity contribution in [3.05, 3.63) is 29.8 Å². The Balaban J connectivity index is 2.09. The summed E-state index contributed by atoms with van der Waals surface area (Å²) in [4.78, 5) is 10.8. The van der Waals surface area contributed by atoms with Crippen molar-refractivity contribution in [1.29, 1.82) is 0 Å². The van der Waals surface area contributed by atoms with E-state index in [2.05, 4.69) is 15.7 Å². The van der Waals surface area contributed by atoms with Crippen LogP contribution in [0.25, 0.3) is 0 Å². The van der Waals surface area contributed by atoms with Crippen molar-refractivity contribution < 1.29 is 9.90 Å². The molecule has 0 bridgehead atoms. The molecule has 0 spiro atoms. The Morgan fingerprint density at radius 3 is 2.95 bits per heavy atom. The van der Waals surface area contributed by atoms with Gasteiger partial charge in [-0.2, -0.15) is 20.9 Å². The van der Waals surface area contributed by atoms with Gasteiger partial charge in [-0.3, -0.25) is 4.79 Å². The van der Waals surface area contributed by atoms with E-state index in [0.29, 0.717) is 0 Å². The second-order valence-corrected chi connectivity index (χ2v) is 4.43. The van der Waals surface area contributed by atoms with Crippen LogP contribution in [-0.4, -0.2) is 29.0 Å². The van der Waals surface area contributed by atoms with Crippen molar-refractivity contribution in [3.8, 4) is 0 Å². The molecule has 0 saturated heterocycles. The number of hydrogen-bond acceptors (Lipinski definition) is 6. The molecule has 20 heavy (non-hydrogen) atoms. The highest BCUT2D eigenvalue weighted by molar-refractivity contribution is 6.30. The van der Waals surface area contributed by atoms with Crippen molar-refractivity contribution in [2.24, 2.45) is 15.9 Å². The number of carboxylic acids is 1. The van der Waals surface area contributed by atoms with E-state index in [4.69, 9.17) is 10.8 Å². The minimum Gasteiger partial charge on any atom is -0.480 e. The van der Waals surface area contributed by atoms with Gasteiger partial charge in [0.1, 0.15) is 6.04 Å². The molecule has 1 aliphatic rings. The maximum absolute atomic E-state index is 10.8. The fraction of sp³-hybridized carbons (Fsp3) is 0.308. The van der Waals surface area contributed by atoms with Crippen LogP contribution in [0.15, 0.2) is 34.5 Å². The molecule has 0 aliphatic carbocycles. The normalized spacial score (nSPS) is 15.5. The number of hydrogen-bond donors (Lipinski definition) is 3. The smallest absolute Gasteiger partial charge is 0.320 e. The Bertz CT molecular complexity index is 555. The summed E-state index contributed by atoms with van der Waals surface area (Å²) in [6, 6.07) is 6.44. The largest absolute Gasteiger partial charge is 0.480 e. The fourth-order valence-corrected chi connectivity index (χ4v) is 1.74. The first-order chi connectivity index (χ1) is 9.60. The molecule has 1 aromatic rings. The highest BCUT2D eigenvalue weighted by atomic mass is 16.4. The summed E-state index contributed by atoms with van der Waals surface area (Å²) in [5, 5.41) is 18.7. The standard InChI is InChI=1S/C13H17N5O2/c1-2-10-8-15-18(17-16-10)11-5-3-4-9(6-11)7-12(14)13(19)20/h3-6,8,12,17H,2,7,14H2,1H3,(H,19,20). The molecule has 0 radical (unpaired) electrons. The van der Waals surface area contributed by atoms with Crippen LogP contribution < -0.4 is 16.4 Å². The van der Waals surface area contributed by atoms with E-state index in [0.717, 1.165) is 23.4 Å². The first kappa shape index (κ1) is 14.0. The molecule has 1 atom stereocenters. The molecule has 7 nitrogen and oxygen atoms in total. The van der Waals surface area contributed by atoms with Gasteiger partial charge >= 0.3 is 5.97 Å². The lowest BCUT2D eigenvalue weighted by atomic mass is 10.1. The monoisotopic (exact) mass is 275 g/mol.